The van der Waals surface area contributed by atoms with Gasteiger partial charge >= 0.3 is 6.18 Å². The molecule has 0 radical (unpaired) electrons. The van der Waals surface area contributed by atoms with Gasteiger partial charge in [0.2, 0.25) is 5.91 Å². The number of hydrogen-bond donors (Lipinski definition) is 1. The van der Waals surface area contributed by atoms with Gasteiger partial charge in [0.05, 0.1) is 16.5 Å². The van der Waals surface area contributed by atoms with Gasteiger partial charge < -0.3 is 5.32 Å². The van der Waals surface area contributed by atoms with Gasteiger partial charge in [0.15, 0.2) is 5.16 Å². The number of hydrogen-bond acceptors (Lipinski definition) is 3. The SMILES string of the molecule is C[C@@H](Sc1nccn1-c1ccccc1)C(=O)Nc1ccccc1C(F)(F)F. The van der Waals surface area contributed by atoms with Crippen molar-refractivity contribution >= 4 is 23.4 Å². The maximum absolute atomic E-state index is 13.1. The minimum Gasteiger partial charge on any atom is -0.325 e. The highest BCUT2D eigenvalue weighted by Crippen LogP contribution is 2.35. The van der Waals surface area contributed by atoms with E-state index >= 15 is 0 Å². The predicted molar refractivity (Wildman–Crippen MR) is 99.0 cm³/mol. The Morgan fingerprint density at radius 1 is 1.11 bits per heavy atom. The fraction of sp³-hybridized carbons (Fsp3) is 0.158. The Hall–Kier alpha value is -2.74. The fourth-order valence-electron chi connectivity index (χ4n) is 2.45. The highest BCUT2D eigenvalue weighted by Gasteiger charge is 2.34. The Balaban J connectivity index is 1.75. The molecule has 0 aliphatic heterocycles. The molecule has 27 heavy (non-hydrogen) atoms. The largest absolute Gasteiger partial charge is 0.418 e. The van der Waals surface area contributed by atoms with Crippen molar-refractivity contribution in [3.63, 3.8) is 0 Å². The van der Waals surface area contributed by atoms with E-state index in [1.807, 2.05) is 34.9 Å². The number of para-hydroxylation sites is 2. The summed E-state index contributed by atoms with van der Waals surface area (Å²) in [7, 11) is 0. The highest BCUT2D eigenvalue weighted by atomic mass is 32.2. The molecule has 1 heterocycles. The maximum atomic E-state index is 13.1. The van der Waals surface area contributed by atoms with E-state index < -0.39 is 22.9 Å². The average molecular weight is 391 g/mol. The summed E-state index contributed by atoms with van der Waals surface area (Å²) >= 11 is 1.17. The van der Waals surface area contributed by atoms with Gasteiger partial charge in [0.25, 0.3) is 0 Å². The average Bonchev–Trinajstić information content (AvgIpc) is 3.10. The Bertz CT molecular complexity index is 925. The number of alkyl halides is 3. The van der Waals surface area contributed by atoms with E-state index in [-0.39, 0.29) is 5.69 Å². The number of carbonyl (C=O) groups is 1. The van der Waals surface area contributed by atoms with Gasteiger partial charge in [-0.3, -0.25) is 9.36 Å². The third kappa shape index (κ3) is 4.51. The number of nitrogens with zero attached hydrogens (tertiary/aromatic N) is 2. The zero-order chi connectivity index (χ0) is 19.4. The molecule has 8 heteroatoms. The van der Waals surface area contributed by atoms with Gasteiger partial charge in [-0.1, -0.05) is 42.1 Å². The molecule has 0 aliphatic carbocycles. The third-order valence-electron chi connectivity index (χ3n) is 3.78. The second-order valence-corrected chi connectivity index (χ2v) is 7.02. The number of carbonyl (C=O) groups excluding carboxylic acids is 1. The Morgan fingerprint density at radius 3 is 2.48 bits per heavy atom. The van der Waals surface area contributed by atoms with Crippen LogP contribution in [0.1, 0.15) is 12.5 Å². The molecule has 0 aliphatic rings. The molecule has 1 amide bonds. The number of rotatable bonds is 5. The number of halogens is 3. The summed E-state index contributed by atoms with van der Waals surface area (Å²) in [5.74, 6) is -0.528. The highest BCUT2D eigenvalue weighted by molar-refractivity contribution is 8.00. The lowest BCUT2D eigenvalue weighted by Gasteiger charge is -2.16. The minimum absolute atomic E-state index is 0.256. The first kappa shape index (κ1) is 19.0. The van der Waals surface area contributed by atoms with Crippen molar-refractivity contribution in [1.82, 2.24) is 9.55 Å². The van der Waals surface area contributed by atoms with Gasteiger partial charge in [-0.05, 0) is 31.2 Å². The number of nitrogens with one attached hydrogen (secondary N) is 1. The first-order chi connectivity index (χ1) is 12.9. The van der Waals surface area contributed by atoms with Crippen LogP contribution >= 0.6 is 11.8 Å². The van der Waals surface area contributed by atoms with Crippen molar-refractivity contribution in [2.24, 2.45) is 0 Å². The van der Waals surface area contributed by atoms with Crippen molar-refractivity contribution in [3.05, 3.63) is 72.6 Å². The Labute approximate surface area is 158 Å². The summed E-state index contributed by atoms with van der Waals surface area (Å²) in [5, 5.41) is 2.31. The van der Waals surface area contributed by atoms with E-state index in [1.165, 1.54) is 30.0 Å². The Kier molecular flexibility index (Phi) is 5.55. The van der Waals surface area contributed by atoms with Crippen molar-refractivity contribution in [2.45, 2.75) is 23.5 Å². The molecule has 4 nitrogen and oxygen atoms in total. The number of anilines is 1. The van der Waals surface area contributed by atoms with E-state index in [9.17, 15) is 18.0 Å². The molecule has 0 spiro atoms. The number of aromatic nitrogens is 2. The molecule has 0 saturated carbocycles. The molecule has 0 saturated heterocycles. The van der Waals surface area contributed by atoms with Crippen LogP contribution in [-0.2, 0) is 11.0 Å². The van der Waals surface area contributed by atoms with E-state index in [4.69, 9.17) is 0 Å². The fourth-order valence-corrected chi connectivity index (χ4v) is 3.33. The zero-order valence-corrected chi connectivity index (χ0v) is 15.1. The quantitative estimate of drug-likeness (QED) is 0.622. The van der Waals surface area contributed by atoms with Crippen LogP contribution in [0.4, 0.5) is 18.9 Å². The smallest absolute Gasteiger partial charge is 0.325 e. The van der Waals surface area contributed by atoms with Crippen LogP contribution in [0.3, 0.4) is 0 Å². The summed E-state index contributed by atoms with van der Waals surface area (Å²) < 4.78 is 41.0. The van der Waals surface area contributed by atoms with Gasteiger partial charge in [0.1, 0.15) is 0 Å². The molecule has 1 atom stereocenters. The number of amides is 1. The van der Waals surface area contributed by atoms with Crippen LogP contribution in [0.5, 0.6) is 0 Å². The predicted octanol–water partition coefficient (Wildman–Crippen LogP) is 5.01. The van der Waals surface area contributed by atoms with E-state index in [2.05, 4.69) is 10.3 Å². The lowest BCUT2D eigenvalue weighted by molar-refractivity contribution is -0.137. The molecule has 140 valence electrons. The van der Waals surface area contributed by atoms with E-state index in [0.29, 0.717) is 5.16 Å². The standard InChI is InChI=1S/C19H16F3N3OS/c1-13(17(26)24-16-10-6-5-9-15(16)19(20,21)22)27-18-23-11-12-25(18)14-7-3-2-4-8-14/h2-13H,1H3,(H,24,26)/t13-/m1/s1. The lowest BCUT2D eigenvalue weighted by atomic mass is 10.1. The van der Waals surface area contributed by atoms with Crippen LogP contribution in [0.25, 0.3) is 5.69 Å². The second kappa shape index (κ2) is 7.87. The van der Waals surface area contributed by atoms with Gasteiger partial charge in [-0.15, -0.1) is 0 Å². The molecule has 2 aromatic carbocycles. The summed E-state index contributed by atoms with van der Waals surface area (Å²) in [6, 6.07) is 14.4. The van der Waals surface area contributed by atoms with Crippen LogP contribution in [0, 0.1) is 0 Å². The van der Waals surface area contributed by atoms with Crippen LogP contribution in [0.15, 0.2) is 72.1 Å². The van der Waals surface area contributed by atoms with Crippen molar-refractivity contribution < 1.29 is 18.0 Å². The minimum atomic E-state index is -4.54. The molecule has 1 N–H and O–H groups in total. The normalized spacial score (nSPS) is 12.6. The van der Waals surface area contributed by atoms with Crippen molar-refractivity contribution in [3.8, 4) is 5.69 Å². The number of imidazole rings is 1. The van der Waals surface area contributed by atoms with E-state index in [0.717, 1.165) is 11.8 Å². The third-order valence-corrected chi connectivity index (χ3v) is 4.86. The van der Waals surface area contributed by atoms with Gasteiger partial charge in [-0.2, -0.15) is 13.2 Å². The van der Waals surface area contributed by atoms with E-state index in [1.54, 1.807) is 19.3 Å². The molecule has 0 unspecified atom stereocenters. The number of benzene rings is 2. The van der Waals surface area contributed by atoms with Gasteiger partial charge in [0, 0.05) is 18.1 Å². The first-order valence-corrected chi connectivity index (χ1v) is 8.97. The monoisotopic (exact) mass is 391 g/mol. The lowest BCUT2D eigenvalue weighted by Crippen LogP contribution is -2.24. The summed E-state index contributed by atoms with van der Waals surface area (Å²) in [5.41, 5.74) is -0.247. The van der Waals surface area contributed by atoms with Crippen molar-refractivity contribution in [2.75, 3.05) is 5.32 Å². The first-order valence-electron chi connectivity index (χ1n) is 8.09. The summed E-state index contributed by atoms with van der Waals surface area (Å²) in [6.07, 6.45) is -1.16. The van der Waals surface area contributed by atoms with Crippen LogP contribution in [-0.4, -0.2) is 20.7 Å². The Morgan fingerprint density at radius 2 is 1.78 bits per heavy atom. The molecule has 0 bridgehead atoms. The zero-order valence-electron chi connectivity index (χ0n) is 14.3. The maximum Gasteiger partial charge on any atom is 0.418 e. The summed E-state index contributed by atoms with van der Waals surface area (Å²) in [6.45, 7) is 1.63. The summed E-state index contributed by atoms with van der Waals surface area (Å²) in [4.78, 5) is 16.7. The van der Waals surface area contributed by atoms with Gasteiger partial charge in [-0.25, -0.2) is 4.98 Å². The number of thioether (sulfide) groups is 1. The van der Waals surface area contributed by atoms with Crippen LogP contribution < -0.4 is 5.32 Å². The second-order valence-electron chi connectivity index (χ2n) is 5.71. The topological polar surface area (TPSA) is 46.9 Å². The molecular formula is C19H16F3N3OS. The molecule has 1 aromatic heterocycles. The molecule has 3 rings (SSSR count). The molecule has 0 fully saturated rings. The van der Waals surface area contributed by atoms with Crippen LogP contribution in [0.2, 0.25) is 0 Å². The molecule has 3 aromatic rings. The van der Waals surface area contributed by atoms with Crippen molar-refractivity contribution in [1.29, 1.82) is 0 Å². The molecular weight excluding hydrogens is 375 g/mol.